The van der Waals surface area contributed by atoms with Crippen LogP contribution in [0.5, 0.6) is 5.75 Å². The van der Waals surface area contributed by atoms with E-state index in [2.05, 4.69) is 20.1 Å². The third kappa shape index (κ3) is 5.28. The molecular formula is C19H15F5N4O3. The van der Waals surface area contributed by atoms with Crippen molar-refractivity contribution in [1.29, 1.82) is 0 Å². The molecule has 0 aliphatic carbocycles. The number of benzene rings is 2. The summed E-state index contributed by atoms with van der Waals surface area (Å²) in [4.78, 5) is 27.6. The van der Waals surface area contributed by atoms with Gasteiger partial charge in [0.05, 0.1) is 5.69 Å². The smallest absolute Gasteiger partial charge is 0.334 e. The summed E-state index contributed by atoms with van der Waals surface area (Å²) >= 11 is 0. The van der Waals surface area contributed by atoms with Gasteiger partial charge in [-0.05, 0) is 23.9 Å². The number of amides is 1. The minimum absolute atomic E-state index is 0.0565. The zero-order valence-corrected chi connectivity index (χ0v) is 16.1. The number of azide groups is 1. The third-order valence-electron chi connectivity index (χ3n) is 3.97. The molecule has 2 aromatic carbocycles. The molecule has 0 aliphatic heterocycles. The van der Waals surface area contributed by atoms with Gasteiger partial charge in [0.1, 0.15) is 6.04 Å². The molecule has 0 spiro atoms. The van der Waals surface area contributed by atoms with Crippen LogP contribution in [0.15, 0.2) is 29.4 Å². The maximum Gasteiger partial charge on any atom is 0.334 e. The maximum absolute atomic E-state index is 13.8. The van der Waals surface area contributed by atoms with Gasteiger partial charge in [-0.1, -0.05) is 37.2 Å². The molecule has 1 amide bonds. The lowest BCUT2D eigenvalue weighted by atomic mass is 10.0. The Balaban J connectivity index is 2.35. The van der Waals surface area contributed by atoms with Crippen LogP contribution >= 0.6 is 0 Å². The zero-order chi connectivity index (χ0) is 23.3. The lowest BCUT2D eigenvalue weighted by Crippen LogP contribution is -2.44. The summed E-state index contributed by atoms with van der Waals surface area (Å²) in [6, 6.07) is 4.06. The average Bonchev–Trinajstić information content (AvgIpc) is 2.73. The monoisotopic (exact) mass is 442 g/mol. The Morgan fingerprint density at radius 2 is 1.58 bits per heavy atom. The molecule has 1 atom stereocenters. The van der Waals surface area contributed by atoms with Crippen LogP contribution in [0, 0.1) is 35.0 Å². The number of hydrogen-bond donors (Lipinski definition) is 1. The standard InChI is InChI=1S/C19H15F5N4O3/c1-8(2)7-11(26-18(29)9-5-3-4-6-10(9)27-28-25)19(30)31-17-15(23)13(21)12(20)14(22)16(17)24/h3-6,8,11H,7H2,1-2H3,(H,26,29)/t11-/m0/s1. The highest BCUT2D eigenvalue weighted by atomic mass is 19.2. The lowest BCUT2D eigenvalue weighted by Gasteiger charge is -2.20. The summed E-state index contributed by atoms with van der Waals surface area (Å²) in [5.41, 5.74) is 8.42. The number of esters is 1. The number of halogens is 5. The van der Waals surface area contributed by atoms with Crippen LogP contribution in [0.1, 0.15) is 30.6 Å². The molecule has 0 bridgehead atoms. The zero-order valence-electron chi connectivity index (χ0n) is 16.1. The topological polar surface area (TPSA) is 104 Å². The summed E-state index contributed by atoms with van der Waals surface area (Å²) in [7, 11) is 0. The van der Waals surface area contributed by atoms with Crippen LogP contribution in [0.25, 0.3) is 10.4 Å². The number of nitrogens with zero attached hydrogens (tertiary/aromatic N) is 3. The van der Waals surface area contributed by atoms with E-state index in [-0.39, 0.29) is 23.6 Å². The van der Waals surface area contributed by atoms with Gasteiger partial charge in [0.25, 0.3) is 5.91 Å². The van der Waals surface area contributed by atoms with Gasteiger partial charge in [-0.25, -0.2) is 18.0 Å². The normalized spacial score (nSPS) is 11.6. The molecule has 0 saturated carbocycles. The number of hydrogen-bond acceptors (Lipinski definition) is 4. The lowest BCUT2D eigenvalue weighted by molar-refractivity contribution is -0.137. The van der Waals surface area contributed by atoms with E-state index in [4.69, 9.17) is 5.53 Å². The van der Waals surface area contributed by atoms with Crippen molar-refractivity contribution in [3.05, 3.63) is 69.4 Å². The van der Waals surface area contributed by atoms with Gasteiger partial charge in [0.2, 0.25) is 34.8 Å². The fourth-order valence-corrected chi connectivity index (χ4v) is 2.57. The molecule has 0 aliphatic rings. The highest BCUT2D eigenvalue weighted by molar-refractivity contribution is 6.00. The molecule has 2 rings (SSSR count). The molecule has 1 N–H and O–H groups in total. The Morgan fingerprint density at radius 1 is 1.03 bits per heavy atom. The van der Waals surface area contributed by atoms with Crippen LogP contribution in [-0.2, 0) is 4.79 Å². The van der Waals surface area contributed by atoms with Crippen molar-refractivity contribution < 1.29 is 36.3 Å². The first-order chi connectivity index (χ1) is 14.6. The summed E-state index contributed by atoms with van der Waals surface area (Å²) in [5.74, 6) is -16.0. The molecule has 0 heterocycles. The first-order valence-electron chi connectivity index (χ1n) is 8.76. The summed E-state index contributed by atoms with van der Waals surface area (Å²) in [6.07, 6.45) is -0.0936. The Hall–Kier alpha value is -3.66. The average molecular weight is 442 g/mol. The molecule has 0 aromatic heterocycles. The summed E-state index contributed by atoms with van der Waals surface area (Å²) in [5, 5.41) is 5.60. The van der Waals surface area contributed by atoms with Gasteiger partial charge in [0, 0.05) is 10.5 Å². The Kier molecular flexibility index (Phi) is 7.54. The van der Waals surface area contributed by atoms with E-state index in [1.54, 1.807) is 13.8 Å². The quantitative estimate of drug-likeness (QED) is 0.0946. The Labute approximate surface area is 172 Å². The third-order valence-corrected chi connectivity index (χ3v) is 3.97. The van der Waals surface area contributed by atoms with E-state index in [0.29, 0.717) is 0 Å². The first-order valence-corrected chi connectivity index (χ1v) is 8.76. The van der Waals surface area contributed by atoms with Crippen molar-refractivity contribution in [3.8, 4) is 5.75 Å². The molecule has 12 heteroatoms. The van der Waals surface area contributed by atoms with Crippen molar-refractivity contribution in [1.82, 2.24) is 5.32 Å². The highest BCUT2D eigenvalue weighted by Crippen LogP contribution is 2.29. The minimum Gasteiger partial charge on any atom is -0.418 e. The number of nitrogens with one attached hydrogen (secondary N) is 1. The van der Waals surface area contributed by atoms with Crippen molar-refractivity contribution in [3.63, 3.8) is 0 Å². The number of carbonyl (C=O) groups excluding carboxylic acids is 2. The first kappa shape index (κ1) is 23.6. The van der Waals surface area contributed by atoms with Crippen LogP contribution < -0.4 is 10.1 Å². The maximum atomic E-state index is 13.8. The van der Waals surface area contributed by atoms with E-state index in [0.717, 1.165) is 0 Å². The number of rotatable bonds is 7. The van der Waals surface area contributed by atoms with Gasteiger partial charge in [-0.15, -0.1) is 0 Å². The van der Waals surface area contributed by atoms with Crippen LogP contribution in [-0.4, -0.2) is 17.9 Å². The van der Waals surface area contributed by atoms with E-state index < -0.39 is 52.8 Å². The van der Waals surface area contributed by atoms with Gasteiger partial charge in [-0.3, -0.25) is 4.79 Å². The molecule has 0 unspecified atom stereocenters. The fourth-order valence-electron chi connectivity index (χ4n) is 2.57. The highest BCUT2D eigenvalue weighted by Gasteiger charge is 2.32. The Bertz CT molecular complexity index is 1040. The predicted molar refractivity (Wildman–Crippen MR) is 97.8 cm³/mol. The van der Waals surface area contributed by atoms with Crippen molar-refractivity contribution in [2.45, 2.75) is 26.3 Å². The van der Waals surface area contributed by atoms with E-state index in [9.17, 15) is 31.5 Å². The second kappa shape index (κ2) is 9.90. The second-order valence-electron chi connectivity index (χ2n) is 6.68. The van der Waals surface area contributed by atoms with Gasteiger partial charge in [0.15, 0.2) is 0 Å². The van der Waals surface area contributed by atoms with Crippen LogP contribution in [0.4, 0.5) is 27.6 Å². The van der Waals surface area contributed by atoms with Crippen LogP contribution in [0.3, 0.4) is 0 Å². The SMILES string of the molecule is CC(C)C[C@H](NC(=O)c1ccccc1N=[N+]=[N-])C(=O)Oc1c(F)c(F)c(F)c(F)c1F. The molecule has 164 valence electrons. The van der Waals surface area contributed by atoms with E-state index in [1.165, 1.54) is 24.3 Å². The Morgan fingerprint density at radius 3 is 2.13 bits per heavy atom. The summed E-state index contributed by atoms with van der Waals surface area (Å²) < 4.78 is 72.0. The molecule has 0 fully saturated rings. The van der Waals surface area contributed by atoms with E-state index in [1.807, 2.05) is 0 Å². The fraction of sp³-hybridized carbons (Fsp3) is 0.263. The molecule has 7 nitrogen and oxygen atoms in total. The van der Waals surface area contributed by atoms with Crippen molar-refractivity contribution in [2.24, 2.45) is 11.0 Å². The molecule has 2 aromatic rings. The van der Waals surface area contributed by atoms with Gasteiger partial charge < -0.3 is 10.1 Å². The minimum atomic E-state index is -2.41. The summed E-state index contributed by atoms with van der Waals surface area (Å²) in [6.45, 7) is 3.30. The molecule has 0 saturated heterocycles. The second-order valence-corrected chi connectivity index (χ2v) is 6.68. The van der Waals surface area contributed by atoms with Crippen molar-refractivity contribution in [2.75, 3.05) is 0 Å². The van der Waals surface area contributed by atoms with E-state index >= 15 is 0 Å². The van der Waals surface area contributed by atoms with Gasteiger partial charge in [-0.2, -0.15) is 8.78 Å². The van der Waals surface area contributed by atoms with Crippen molar-refractivity contribution >= 4 is 17.6 Å². The number of carbonyl (C=O) groups is 2. The van der Waals surface area contributed by atoms with Gasteiger partial charge >= 0.3 is 5.97 Å². The number of ether oxygens (including phenoxy) is 1. The molecule has 31 heavy (non-hydrogen) atoms. The molecular weight excluding hydrogens is 427 g/mol. The predicted octanol–water partition coefficient (Wildman–Crippen LogP) is 5.07. The largest absolute Gasteiger partial charge is 0.418 e. The molecule has 0 radical (unpaired) electrons. The van der Waals surface area contributed by atoms with Crippen LogP contribution in [0.2, 0.25) is 0 Å².